The number of aldehydes is 1. The van der Waals surface area contributed by atoms with E-state index in [1.54, 1.807) is 7.11 Å². The summed E-state index contributed by atoms with van der Waals surface area (Å²) in [5.41, 5.74) is 1.78. The van der Waals surface area contributed by atoms with Crippen LogP contribution in [-0.2, 0) is 6.42 Å². The Morgan fingerprint density at radius 2 is 2.20 bits per heavy atom. The highest BCUT2D eigenvalue weighted by molar-refractivity contribution is 9.10. The van der Waals surface area contributed by atoms with E-state index in [0.717, 1.165) is 30.0 Å². The minimum Gasteiger partial charge on any atom is -0.496 e. The normalized spacial score (nSPS) is 10.1. The lowest BCUT2D eigenvalue weighted by Crippen LogP contribution is -1.95. The Bertz CT molecular complexity index is 348. The molecule has 0 spiro atoms. The minimum atomic E-state index is 0.588. The van der Waals surface area contributed by atoms with Crippen molar-refractivity contribution in [3.63, 3.8) is 0 Å². The summed E-state index contributed by atoms with van der Waals surface area (Å²) < 4.78 is 6.14. The van der Waals surface area contributed by atoms with Crippen LogP contribution in [0.1, 0.15) is 35.7 Å². The summed E-state index contributed by atoms with van der Waals surface area (Å²) in [5, 5.41) is 0. The zero-order valence-corrected chi connectivity index (χ0v) is 10.6. The van der Waals surface area contributed by atoms with Gasteiger partial charge in [0.25, 0.3) is 0 Å². The third-order valence-corrected chi connectivity index (χ3v) is 3.06. The summed E-state index contributed by atoms with van der Waals surface area (Å²) in [5.74, 6) is 0.652. The van der Waals surface area contributed by atoms with Crippen molar-refractivity contribution < 1.29 is 9.53 Å². The Morgan fingerprint density at radius 1 is 1.47 bits per heavy atom. The number of aryl methyl sites for hydroxylation is 1. The molecule has 0 aliphatic heterocycles. The predicted molar refractivity (Wildman–Crippen MR) is 64.7 cm³/mol. The summed E-state index contributed by atoms with van der Waals surface area (Å²) in [6.45, 7) is 2.16. The molecule has 0 N–H and O–H groups in total. The van der Waals surface area contributed by atoms with Gasteiger partial charge in [-0.25, -0.2) is 0 Å². The van der Waals surface area contributed by atoms with Crippen LogP contribution in [0, 0.1) is 0 Å². The Hall–Kier alpha value is -0.830. The average Bonchev–Trinajstić information content (AvgIpc) is 2.27. The van der Waals surface area contributed by atoms with E-state index in [2.05, 4.69) is 22.9 Å². The smallest absolute Gasteiger partial charge is 0.153 e. The maximum Gasteiger partial charge on any atom is 0.153 e. The molecule has 0 amide bonds. The fourth-order valence-corrected chi connectivity index (χ4v) is 2.00. The lowest BCUT2D eigenvalue weighted by atomic mass is 10.1. The highest BCUT2D eigenvalue weighted by Gasteiger charge is 2.07. The fourth-order valence-electron chi connectivity index (χ4n) is 1.44. The number of carbonyl (C=O) groups excluding carboxylic acids is 1. The summed E-state index contributed by atoms with van der Waals surface area (Å²) in [6, 6.07) is 3.75. The topological polar surface area (TPSA) is 26.3 Å². The van der Waals surface area contributed by atoms with Crippen LogP contribution >= 0.6 is 15.9 Å². The lowest BCUT2D eigenvalue weighted by Gasteiger charge is -2.09. The number of hydrogen-bond acceptors (Lipinski definition) is 2. The van der Waals surface area contributed by atoms with Crippen molar-refractivity contribution in [1.29, 1.82) is 0 Å². The summed E-state index contributed by atoms with van der Waals surface area (Å²) in [4.78, 5) is 10.8. The highest BCUT2D eigenvalue weighted by atomic mass is 79.9. The van der Waals surface area contributed by atoms with Gasteiger partial charge in [0.1, 0.15) is 5.75 Å². The summed E-state index contributed by atoms with van der Waals surface area (Å²) in [7, 11) is 1.58. The van der Waals surface area contributed by atoms with Gasteiger partial charge in [-0.15, -0.1) is 0 Å². The van der Waals surface area contributed by atoms with Gasteiger partial charge in [0.2, 0.25) is 0 Å². The van der Waals surface area contributed by atoms with Gasteiger partial charge in [0, 0.05) is 4.47 Å². The molecule has 1 aromatic carbocycles. The van der Waals surface area contributed by atoms with Crippen LogP contribution in [0.25, 0.3) is 0 Å². The average molecular weight is 271 g/mol. The highest BCUT2D eigenvalue weighted by Crippen LogP contribution is 2.27. The molecule has 0 heterocycles. The first-order valence-electron chi connectivity index (χ1n) is 5.04. The number of hydrogen-bond donors (Lipinski definition) is 0. The molecule has 0 radical (unpaired) electrons. The summed E-state index contributed by atoms with van der Waals surface area (Å²) in [6.07, 6.45) is 4.12. The van der Waals surface area contributed by atoms with Gasteiger partial charge in [-0.1, -0.05) is 29.3 Å². The zero-order valence-electron chi connectivity index (χ0n) is 9.05. The molecule has 2 nitrogen and oxygen atoms in total. The fraction of sp³-hybridized carbons (Fsp3) is 0.417. The Kier molecular flexibility index (Phi) is 4.82. The molecular weight excluding hydrogens is 256 g/mol. The predicted octanol–water partition coefficient (Wildman–Crippen LogP) is 3.61. The van der Waals surface area contributed by atoms with Crippen molar-refractivity contribution in [1.82, 2.24) is 0 Å². The molecule has 15 heavy (non-hydrogen) atoms. The molecule has 0 fully saturated rings. The molecular formula is C12H15BrO2. The van der Waals surface area contributed by atoms with Crippen LogP contribution in [0.15, 0.2) is 16.6 Å². The molecule has 0 saturated carbocycles. The third-order valence-electron chi connectivity index (χ3n) is 2.33. The van der Waals surface area contributed by atoms with Crippen molar-refractivity contribution in [2.24, 2.45) is 0 Å². The van der Waals surface area contributed by atoms with E-state index < -0.39 is 0 Å². The van der Waals surface area contributed by atoms with Gasteiger partial charge in [0.05, 0.1) is 12.7 Å². The second-order valence-corrected chi connectivity index (χ2v) is 4.26. The van der Waals surface area contributed by atoms with Crippen LogP contribution in [0.5, 0.6) is 5.75 Å². The van der Waals surface area contributed by atoms with Crippen LogP contribution in [0.2, 0.25) is 0 Å². The number of methoxy groups -OCH3 is 1. The third kappa shape index (κ3) is 3.06. The minimum absolute atomic E-state index is 0.588. The first-order chi connectivity index (χ1) is 7.22. The molecule has 0 unspecified atom stereocenters. The van der Waals surface area contributed by atoms with Crippen molar-refractivity contribution in [2.45, 2.75) is 26.2 Å². The van der Waals surface area contributed by atoms with Gasteiger partial charge in [-0.05, 0) is 30.5 Å². The molecule has 0 aliphatic carbocycles. The number of unbranched alkanes of at least 4 members (excludes halogenated alkanes) is 1. The second kappa shape index (κ2) is 5.91. The number of ether oxygens (including phenoxy) is 1. The second-order valence-electron chi connectivity index (χ2n) is 3.41. The maximum absolute atomic E-state index is 10.8. The molecule has 0 saturated heterocycles. The molecule has 1 rings (SSSR count). The van der Waals surface area contributed by atoms with Crippen molar-refractivity contribution in [3.05, 3.63) is 27.7 Å². The van der Waals surface area contributed by atoms with E-state index in [0.29, 0.717) is 11.3 Å². The van der Waals surface area contributed by atoms with Gasteiger partial charge in [-0.2, -0.15) is 0 Å². The number of benzene rings is 1. The van der Waals surface area contributed by atoms with Crippen molar-refractivity contribution in [3.8, 4) is 5.75 Å². The number of rotatable bonds is 5. The van der Waals surface area contributed by atoms with Gasteiger partial charge >= 0.3 is 0 Å². The summed E-state index contributed by atoms with van der Waals surface area (Å²) >= 11 is 3.47. The van der Waals surface area contributed by atoms with E-state index >= 15 is 0 Å². The SMILES string of the molecule is CCCCc1cc(OC)c(C=O)cc1Br. The number of carbonyl (C=O) groups is 1. The number of halogens is 1. The first-order valence-corrected chi connectivity index (χ1v) is 5.83. The largest absolute Gasteiger partial charge is 0.496 e. The molecule has 0 aliphatic rings. The van der Waals surface area contributed by atoms with Crippen LogP contribution in [0.4, 0.5) is 0 Å². The molecule has 0 atom stereocenters. The standard InChI is InChI=1S/C12H15BrO2/c1-3-4-5-9-7-12(15-2)10(8-14)6-11(9)13/h6-8H,3-5H2,1-2H3. The van der Waals surface area contributed by atoms with E-state index in [9.17, 15) is 4.79 Å². The monoisotopic (exact) mass is 270 g/mol. The Balaban J connectivity index is 3.02. The quantitative estimate of drug-likeness (QED) is 0.765. The first kappa shape index (κ1) is 12.2. The molecule has 1 aromatic rings. The molecule has 0 bridgehead atoms. The molecule has 0 aromatic heterocycles. The van der Waals surface area contributed by atoms with Gasteiger partial charge in [0.15, 0.2) is 6.29 Å². The molecule has 3 heteroatoms. The van der Waals surface area contributed by atoms with E-state index in [1.807, 2.05) is 12.1 Å². The van der Waals surface area contributed by atoms with Gasteiger partial charge < -0.3 is 4.74 Å². The van der Waals surface area contributed by atoms with E-state index in [-0.39, 0.29) is 0 Å². The maximum atomic E-state index is 10.8. The zero-order chi connectivity index (χ0) is 11.3. The van der Waals surface area contributed by atoms with Crippen LogP contribution in [-0.4, -0.2) is 13.4 Å². The Labute approximate surface area is 98.8 Å². The molecule has 82 valence electrons. The van der Waals surface area contributed by atoms with Crippen LogP contribution in [0.3, 0.4) is 0 Å². The van der Waals surface area contributed by atoms with Crippen molar-refractivity contribution in [2.75, 3.05) is 7.11 Å². The lowest BCUT2D eigenvalue weighted by molar-refractivity contribution is 0.112. The van der Waals surface area contributed by atoms with Crippen LogP contribution < -0.4 is 4.74 Å². The van der Waals surface area contributed by atoms with E-state index in [4.69, 9.17) is 4.74 Å². The van der Waals surface area contributed by atoms with E-state index in [1.165, 1.54) is 5.56 Å². The Morgan fingerprint density at radius 3 is 2.73 bits per heavy atom. The van der Waals surface area contributed by atoms with Crippen molar-refractivity contribution >= 4 is 22.2 Å². The van der Waals surface area contributed by atoms with Gasteiger partial charge in [-0.3, -0.25) is 4.79 Å².